The van der Waals surface area contributed by atoms with Crippen molar-refractivity contribution in [1.29, 1.82) is 0 Å². The number of nitrogens with zero attached hydrogens (tertiary/aromatic N) is 1. The lowest BCUT2D eigenvalue weighted by Crippen LogP contribution is -2.35. The first-order valence-electron chi connectivity index (χ1n) is 7.30. The van der Waals surface area contributed by atoms with Crippen molar-refractivity contribution in [2.24, 2.45) is 5.92 Å². The summed E-state index contributed by atoms with van der Waals surface area (Å²) in [4.78, 5) is 16.0. The minimum absolute atomic E-state index is 0.127. The van der Waals surface area contributed by atoms with E-state index < -0.39 is 0 Å². The Morgan fingerprint density at radius 2 is 2.29 bits per heavy atom. The minimum atomic E-state index is 0.127. The molecular formula is C17H19NO2S. The van der Waals surface area contributed by atoms with Crippen LogP contribution in [0.2, 0.25) is 0 Å². The van der Waals surface area contributed by atoms with Crippen LogP contribution in [-0.4, -0.2) is 10.8 Å². The molecule has 4 heteroatoms. The number of thiophene rings is 1. The highest BCUT2D eigenvalue weighted by atomic mass is 32.1. The lowest BCUT2D eigenvalue weighted by Gasteiger charge is -2.27. The largest absolute Gasteiger partial charge is 0.472 e. The van der Waals surface area contributed by atoms with Crippen LogP contribution in [0.1, 0.15) is 29.7 Å². The lowest BCUT2D eigenvalue weighted by molar-refractivity contribution is -0.137. The van der Waals surface area contributed by atoms with E-state index in [0.717, 1.165) is 24.8 Å². The Bertz CT molecular complexity index is 550. The Balaban J connectivity index is 1.73. The molecule has 110 valence electrons. The zero-order valence-electron chi connectivity index (χ0n) is 11.9. The molecule has 0 saturated carbocycles. The fraction of sp³-hybridized carbons (Fsp3) is 0.353. The summed E-state index contributed by atoms with van der Waals surface area (Å²) in [7, 11) is 0. The number of carbonyl (C=O) groups is 1. The van der Waals surface area contributed by atoms with E-state index >= 15 is 0 Å². The van der Waals surface area contributed by atoms with Crippen molar-refractivity contribution >= 4 is 17.2 Å². The van der Waals surface area contributed by atoms with Gasteiger partial charge in [-0.3, -0.25) is 4.79 Å². The van der Waals surface area contributed by atoms with Crippen molar-refractivity contribution in [3.8, 4) is 0 Å². The van der Waals surface area contributed by atoms with Gasteiger partial charge in [-0.05, 0) is 36.8 Å². The zero-order valence-corrected chi connectivity index (χ0v) is 12.7. The van der Waals surface area contributed by atoms with Gasteiger partial charge in [-0.15, -0.1) is 11.3 Å². The molecule has 0 unspecified atom stereocenters. The van der Waals surface area contributed by atoms with Gasteiger partial charge in [-0.1, -0.05) is 18.2 Å². The van der Waals surface area contributed by atoms with Gasteiger partial charge >= 0.3 is 0 Å². The van der Waals surface area contributed by atoms with Gasteiger partial charge in [0, 0.05) is 22.9 Å². The van der Waals surface area contributed by atoms with E-state index in [4.69, 9.17) is 4.42 Å². The van der Waals surface area contributed by atoms with Crippen molar-refractivity contribution < 1.29 is 9.21 Å². The summed E-state index contributed by atoms with van der Waals surface area (Å²) in [5.41, 5.74) is 1.05. The van der Waals surface area contributed by atoms with Gasteiger partial charge in [0.25, 0.3) is 0 Å². The third-order valence-electron chi connectivity index (χ3n) is 3.81. The second-order valence-corrected chi connectivity index (χ2v) is 6.42. The molecule has 0 N–H and O–H groups in total. The fourth-order valence-corrected chi connectivity index (χ4v) is 3.40. The van der Waals surface area contributed by atoms with E-state index in [-0.39, 0.29) is 11.8 Å². The molecule has 0 saturated heterocycles. The molecule has 1 amide bonds. The Kier molecular flexibility index (Phi) is 4.55. The van der Waals surface area contributed by atoms with E-state index in [0.29, 0.717) is 13.1 Å². The Morgan fingerprint density at radius 3 is 2.95 bits per heavy atom. The second-order valence-electron chi connectivity index (χ2n) is 5.39. The van der Waals surface area contributed by atoms with Crippen molar-refractivity contribution in [3.05, 3.63) is 58.7 Å². The van der Waals surface area contributed by atoms with Gasteiger partial charge < -0.3 is 9.32 Å². The molecule has 0 aliphatic heterocycles. The number of rotatable bonds is 5. The van der Waals surface area contributed by atoms with Crippen molar-refractivity contribution in [2.45, 2.75) is 32.4 Å². The minimum Gasteiger partial charge on any atom is -0.472 e. The molecule has 3 rings (SSSR count). The Morgan fingerprint density at radius 1 is 1.33 bits per heavy atom. The smallest absolute Gasteiger partial charge is 0.226 e. The summed E-state index contributed by atoms with van der Waals surface area (Å²) in [6.45, 7) is 1.30. The van der Waals surface area contributed by atoms with Gasteiger partial charge in [-0.25, -0.2) is 0 Å². The molecule has 0 bridgehead atoms. The third-order valence-corrected chi connectivity index (χ3v) is 4.67. The van der Waals surface area contributed by atoms with Gasteiger partial charge in [0.2, 0.25) is 5.91 Å². The first-order chi connectivity index (χ1) is 10.3. The summed E-state index contributed by atoms with van der Waals surface area (Å²) in [6, 6.07) is 6.04. The van der Waals surface area contributed by atoms with E-state index in [9.17, 15) is 4.79 Å². The van der Waals surface area contributed by atoms with Crippen LogP contribution in [0.4, 0.5) is 0 Å². The van der Waals surface area contributed by atoms with Crippen LogP contribution < -0.4 is 0 Å². The highest BCUT2D eigenvalue weighted by molar-refractivity contribution is 7.09. The monoisotopic (exact) mass is 301 g/mol. The first kappa shape index (κ1) is 14.1. The van der Waals surface area contributed by atoms with E-state index in [1.165, 1.54) is 4.88 Å². The molecule has 3 nitrogen and oxygen atoms in total. The van der Waals surface area contributed by atoms with Crippen molar-refractivity contribution in [3.63, 3.8) is 0 Å². The number of furan rings is 1. The molecule has 0 spiro atoms. The molecule has 1 aliphatic rings. The van der Waals surface area contributed by atoms with Crippen LogP contribution in [0, 0.1) is 5.92 Å². The molecule has 1 atom stereocenters. The standard InChI is InChI=1S/C17H19NO2S/c19-17(15-5-2-1-3-6-15)18(11-14-8-9-20-13-14)12-16-7-4-10-21-16/h1-2,4,7-10,13,15H,3,5-6,11-12H2/t15-/m0/s1. The molecule has 21 heavy (non-hydrogen) atoms. The van der Waals surface area contributed by atoms with Gasteiger partial charge in [0.1, 0.15) is 0 Å². The van der Waals surface area contributed by atoms with Crippen LogP contribution >= 0.6 is 11.3 Å². The highest BCUT2D eigenvalue weighted by Crippen LogP contribution is 2.24. The molecular weight excluding hydrogens is 282 g/mol. The van der Waals surface area contributed by atoms with Crippen LogP contribution in [-0.2, 0) is 17.9 Å². The summed E-state index contributed by atoms with van der Waals surface area (Å²) in [5, 5.41) is 2.05. The number of hydrogen-bond donors (Lipinski definition) is 0. The van der Waals surface area contributed by atoms with E-state index in [1.807, 2.05) is 17.0 Å². The van der Waals surface area contributed by atoms with Crippen LogP contribution in [0.5, 0.6) is 0 Å². The maximum absolute atomic E-state index is 12.8. The average molecular weight is 301 g/mol. The van der Waals surface area contributed by atoms with E-state index in [2.05, 4.69) is 23.6 Å². The Hall–Kier alpha value is -1.81. The van der Waals surface area contributed by atoms with Crippen LogP contribution in [0.25, 0.3) is 0 Å². The topological polar surface area (TPSA) is 33.5 Å². The quantitative estimate of drug-likeness (QED) is 0.774. The molecule has 0 aromatic carbocycles. The maximum atomic E-state index is 12.8. The zero-order chi connectivity index (χ0) is 14.5. The first-order valence-corrected chi connectivity index (χ1v) is 8.18. The van der Waals surface area contributed by atoms with Crippen molar-refractivity contribution in [1.82, 2.24) is 4.90 Å². The average Bonchev–Trinajstić information content (AvgIpc) is 3.20. The number of carbonyl (C=O) groups excluding carboxylic acids is 1. The van der Waals surface area contributed by atoms with Crippen LogP contribution in [0.15, 0.2) is 52.7 Å². The van der Waals surface area contributed by atoms with E-state index in [1.54, 1.807) is 23.9 Å². The maximum Gasteiger partial charge on any atom is 0.226 e. The number of hydrogen-bond acceptors (Lipinski definition) is 3. The number of allylic oxidation sites excluding steroid dienone is 2. The highest BCUT2D eigenvalue weighted by Gasteiger charge is 2.25. The molecule has 2 heterocycles. The summed E-state index contributed by atoms with van der Waals surface area (Å²) in [5.74, 6) is 0.385. The molecule has 0 radical (unpaired) electrons. The summed E-state index contributed by atoms with van der Waals surface area (Å²) < 4.78 is 5.13. The fourth-order valence-electron chi connectivity index (χ4n) is 2.68. The van der Waals surface area contributed by atoms with Gasteiger partial charge in [0.05, 0.1) is 19.1 Å². The molecule has 1 aliphatic carbocycles. The van der Waals surface area contributed by atoms with Crippen molar-refractivity contribution in [2.75, 3.05) is 0 Å². The predicted octanol–water partition coefficient (Wildman–Crippen LogP) is 4.23. The predicted molar refractivity (Wildman–Crippen MR) is 83.8 cm³/mol. The summed E-state index contributed by atoms with van der Waals surface area (Å²) in [6.07, 6.45) is 10.5. The van der Waals surface area contributed by atoms with Gasteiger partial charge in [-0.2, -0.15) is 0 Å². The normalized spacial score (nSPS) is 17.8. The van der Waals surface area contributed by atoms with Crippen LogP contribution in [0.3, 0.4) is 0 Å². The molecule has 0 fully saturated rings. The molecule has 2 aromatic heterocycles. The Labute approximate surface area is 128 Å². The summed E-state index contributed by atoms with van der Waals surface area (Å²) >= 11 is 1.70. The second kappa shape index (κ2) is 6.76. The number of amides is 1. The third kappa shape index (κ3) is 3.64. The molecule has 2 aromatic rings. The lowest BCUT2D eigenvalue weighted by atomic mass is 9.93. The SMILES string of the molecule is O=C([C@H]1CC=CCC1)N(Cc1ccoc1)Cc1cccs1. The van der Waals surface area contributed by atoms with Gasteiger partial charge in [0.15, 0.2) is 0 Å².